The molecule has 0 radical (unpaired) electrons. The van der Waals surface area contributed by atoms with Crippen molar-refractivity contribution in [2.24, 2.45) is 0 Å². The maximum Gasteiger partial charge on any atom is 0.344 e. The van der Waals surface area contributed by atoms with Crippen LogP contribution in [0.15, 0.2) is 18.2 Å². The van der Waals surface area contributed by atoms with Gasteiger partial charge in [-0.3, -0.25) is 0 Å². The van der Waals surface area contributed by atoms with E-state index in [0.29, 0.717) is 0 Å². The number of rotatable bonds is 4. The maximum absolute atomic E-state index is 10.8. The number of anilines is 1. The van der Waals surface area contributed by atoms with Crippen LogP contribution in [-0.2, 0) is 4.79 Å². The average molecular weight is 225 g/mol. The van der Waals surface area contributed by atoms with Gasteiger partial charge in [-0.15, -0.1) is 0 Å². The highest BCUT2D eigenvalue weighted by molar-refractivity contribution is 5.92. The fraction of sp³-hybridized carbons (Fsp3) is 0.200. The molecule has 16 heavy (non-hydrogen) atoms. The number of ether oxygens (including phenoxy) is 1. The predicted octanol–water partition coefficient (Wildman–Crippen LogP) is 0.819. The highest BCUT2D eigenvalue weighted by atomic mass is 16.5. The second-order valence-corrected chi connectivity index (χ2v) is 3.16. The fourth-order valence-electron chi connectivity index (χ4n) is 1.06. The molecule has 0 aliphatic rings. The van der Waals surface area contributed by atoms with E-state index in [-0.39, 0.29) is 17.0 Å². The lowest BCUT2D eigenvalue weighted by Gasteiger charge is -2.12. The largest absolute Gasteiger partial charge is 0.479 e. The van der Waals surface area contributed by atoms with E-state index in [1.54, 1.807) is 0 Å². The Kier molecular flexibility index (Phi) is 3.34. The molecule has 0 saturated heterocycles. The van der Waals surface area contributed by atoms with Crippen LogP contribution in [0.1, 0.15) is 17.3 Å². The molecule has 6 nitrogen and oxygen atoms in total. The first-order valence-electron chi connectivity index (χ1n) is 4.44. The molecule has 1 rings (SSSR count). The number of aliphatic carboxylic acids is 1. The summed E-state index contributed by atoms with van der Waals surface area (Å²) in [5, 5.41) is 17.5. The minimum Gasteiger partial charge on any atom is -0.479 e. The zero-order chi connectivity index (χ0) is 12.3. The number of benzene rings is 1. The summed E-state index contributed by atoms with van der Waals surface area (Å²) in [6, 6.07) is 3.99. The monoisotopic (exact) mass is 225 g/mol. The van der Waals surface area contributed by atoms with E-state index in [9.17, 15) is 9.59 Å². The van der Waals surface area contributed by atoms with Crippen LogP contribution in [0.5, 0.6) is 5.75 Å². The summed E-state index contributed by atoms with van der Waals surface area (Å²) in [5.74, 6) is -2.41. The van der Waals surface area contributed by atoms with Crippen molar-refractivity contribution >= 4 is 17.6 Å². The van der Waals surface area contributed by atoms with Crippen LogP contribution in [0.25, 0.3) is 0 Å². The van der Waals surface area contributed by atoms with Crippen molar-refractivity contribution in [3.63, 3.8) is 0 Å². The van der Waals surface area contributed by atoms with E-state index in [1.807, 2.05) is 0 Å². The van der Waals surface area contributed by atoms with Crippen molar-refractivity contribution < 1.29 is 24.5 Å². The van der Waals surface area contributed by atoms with Crippen LogP contribution in [-0.4, -0.2) is 28.3 Å². The molecule has 0 bridgehead atoms. The molecule has 86 valence electrons. The molecule has 0 fully saturated rings. The quantitative estimate of drug-likeness (QED) is 0.654. The van der Waals surface area contributed by atoms with Gasteiger partial charge in [0.05, 0.1) is 0 Å². The molecular formula is C10H11NO5. The van der Waals surface area contributed by atoms with Crippen molar-refractivity contribution in [3.05, 3.63) is 23.8 Å². The molecule has 1 aromatic carbocycles. The zero-order valence-electron chi connectivity index (χ0n) is 8.51. The molecule has 1 aromatic rings. The van der Waals surface area contributed by atoms with Gasteiger partial charge in [-0.05, 0) is 25.1 Å². The van der Waals surface area contributed by atoms with Crippen LogP contribution >= 0.6 is 0 Å². The van der Waals surface area contributed by atoms with Gasteiger partial charge >= 0.3 is 11.9 Å². The van der Waals surface area contributed by atoms with Gasteiger partial charge in [0.15, 0.2) is 6.10 Å². The van der Waals surface area contributed by atoms with Crippen molar-refractivity contribution in [2.75, 3.05) is 5.73 Å². The van der Waals surface area contributed by atoms with Crippen LogP contribution in [0.4, 0.5) is 5.69 Å². The number of carboxylic acids is 2. The van der Waals surface area contributed by atoms with E-state index >= 15 is 0 Å². The Morgan fingerprint density at radius 1 is 1.38 bits per heavy atom. The Morgan fingerprint density at radius 2 is 2.00 bits per heavy atom. The summed E-state index contributed by atoms with van der Waals surface area (Å²) < 4.78 is 4.99. The lowest BCUT2D eigenvalue weighted by atomic mass is 10.2. The van der Waals surface area contributed by atoms with Gasteiger partial charge in [-0.25, -0.2) is 9.59 Å². The number of carboxylic acid groups (broad SMARTS) is 2. The molecule has 0 amide bonds. The summed E-state index contributed by atoms with van der Waals surface area (Å²) in [5.41, 5.74) is 5.53. The van der Waals surface area contributed by atoms with Gasteiger partial charge in [0.1, 0.15) is 11.3 Å². The van der Waals surface area contributed by atoms with Gasteiger partial charge < -0.3 is 20.7 Å². The first-order chi connectivity index (χ1) is 7.41. The van der Waals surface area contributed by atoms with Crippen LogP contribution in [0.3, 0.4) is 0 Å². The van der Waals surface area contributed by atoms with E-state index < -0.39 is 18.0 Å². The van der Waals surface area contributed by atoms with Crippen molar-refractivity contribution in [2.45, 2.75) is 13.0 Å². The van der Waals surface area contributed by atoms with E-state index in [1.165, 1.54) is 25.1 Å². The van der Waals surface area contributed by atoms with Gasteiger partial charge in [-0.1, -0.05) is 0 Å². The molecule has 0 spiro atoms. The number of aromatic carboxylic acids is 1. The Labute approximate surface area is 91.3 Å². The van der Waals surface area contributed by atoms with Gasteiger partial charge in [0, 0.05) is 5.69 Å². The van der Waals surface area contributed by atoms with Crippen molar-refractivity contribution in [1.29, 1.82) is 0 Å². The lowest BCUT2D eigenvalue weighted by molar-refractivity contribution is -0.144. The molecule has 0 saturated carbocycles. The molecule has 0 aliphatic heterocycles. The second-order valence-electron chi connectivity index (χ2n) is 3.16. The van der Waals surface area contributed by atoms with Crippen LogP contribution < -0.4 is 10.5 Å². The van der Waals surface area contributed by atoms with E-state index in [4.69, 9.17) is 20.7 Å². The topological polar surface area (TPSA) is 110 Å². The van der Waals surface area contributed by atoms with Crippen molar-refractivity contribution in [1.82, 2.24) is 0 Å². The van der Waals surface area contributed by atoms with Crippen molar-refractivity contribution in [3.8, 4) is 5.75 Å². The molecule has 6 heteroatoms. The van der Waals surface area contributed by atoms with E-state index in [0.717, 1.165) is 0 Å². The van der Waals surface area contributed by atoms with E-state index in [2.05, 4.69) is 0 Å². The minimum absolute atomic E-state index is 0.0170. The first-order valence-corrected chi connectivity index (χ1v) is 4.44. The molecule has 0 heterocycles. The third-order valence-electron chi connectivity index (χ3n) is 1.89. The standard InChI is InChI=1S/C10H11NO5/c1-5(9(12)13)16-8-3-2-6(11)4-7(8)10(14)15/h2-5H,11H2,1H3,(H,12,13)(H,14,15). The number of hydrogen-bond acceptors (Lipinski definition) is 4. The highest BCUT2D eigenvalue weighted by Gasteiger charge is 2.17. The average Bonchev–Trinajstić information content (AvgIpc) is 2.20. The van der Waals surface area contributed by atoms with Gasteiger partial charge in [0.2, 0.25) is 0 Å². The SMILES string of the molecule is CC(Oc1ccc(N)cc1C(=O)O)C(=O)O. The number of hydrogen-bond donors (Lipinski definition) is 3. The normalized spacial score (nSPS) is 11.8. The molecule has 0 aliphatic carbocycles. The number of carbonyl (C=O) groups is 2. The second kappa shape index (κ2) is 4.52. The Morgan fingerprint density at radius 3 is 2.50 bits per heavy atom. The lowest BCUT2D eigenvalue weighted by Crippen LogP contribution is -2.23. The summed E-state index contributed by atoms with van der Waals surface area (Å²) in [6.45, 7) is 1.31. The molecule has 1 unspecified atom stereocenters. The summed E-state index contributed by atoms with van der Waals surface area (Å²) in [4.78, 5) is 21.4. The highest BCUT2D eigenvalue weighted by Crippen LogP contribution is 2.22. The zero-order valence-corrected chi connectivity index (χ0v) is 8.51. The number of nitrogen functional groups attached to an aromatic ring is 1. The van der Waals surface area contributed by atoms with Gasteiger partial charge in [-0.2, -0.15) is 0 Å². The van der Waals surface area contributed by atoms with Crippen LogP contribution in [0.2, 0.25) is 0 Å². The molecular weight excluding hydrogens is 214 g/mol. The summed E-state index contributed by atoms with van der Waals surface area (Å²) in [7, 11) is 0. The first kappa shape index (κ1) is 11.8. The van der Waals surface area contributed by atoms with Crippen LogP contribution in [0, 0.1) is 0 Å². The third kappa shape index (κ3) is 2.63. The Balaban J connectivity index is 3.04. The third-order valence-corrected chi connectivity index (χ3v) is 1.89. The Bertz CT molecular complexity index is 429. The predicted molar refractivity (Wildman–Crippen MR) is 55.5 cm³/mol. The summed E-state index contributed by atoms with van der Waals surface area (Å²) >= 11 is 0. The summed E-state index contributed by atoms with van der Waals surface area (Å²) in [6.07, 6.45) is -1.12. The number of nitrogens with two attached hydrogens (primary N) is 1. The smallest absolute Gasteiger partial charge is 0.344 e. The minimum atomic E-state index is -1.22. The fourth-order valence-corrected chi connectivity index (χ4v) is 1.06. The van der Waals surface area contributed by atoms with Gasteiger partial charge in [0.25, 0.3) is 0 Å². The maximum atomic E-state index is 10.8. The molecule has 1 atom stereocenters. The Hall–Kier alpha value is -2.24. The molecule has 0 aromatic heterocycles. The molecule has 4 N–H and O–H groups in total.